The SMILES string of the molecule is COc1ncccc1NC(=O)NC[C@@H]1OCCN(C)[C@H]1c1ccccc1. The minimum absolute atomic E-state index is 0.0955. The Morgan fingerprint density at radius 1 is 1.31 bits per heavy atom. The van der Waals surface area contributed by atoms with Crippen molar-refractivity contribution in [3.8, 4) is 5.88 Å². The Balaban J connectivity index is 1.62. The van der Waals surface area contributed by atoms with Gasteiger partial charge in [0.2, 0.25) is 5.88 Å². The van der Waals surface area contributed by atoms with Gasteiger partial charge in [-0.05, 0) is 24.7 Å². The van der Waals surface area contributed by atoms with Crippen LogP contribution in [0, 0.1) is 0 Å². The molecule has 26 heavy (non-hydrogen) atoms. The van der Waals surface area contributed by atoms with E-state index in [1.165, 1.54) is 12.7 Å². The van der Waals surface area contributed by atoms with Gasteiger partial charge < -0.3 is 20.1 Å². The maximum absolute atomic E-state index is 12.3. The number of likely N-dealkylation sites (N-methyl/N-ethyl adjacent to an activating group) is 1. The van der Waals surface area contributed by atoms with Crippen molar-refractivity contribution < 1.29 is 14.3 Å². The molecule has 1 aliphatic rings. The van der Waals surface area contributed by atoms with Gasteiger partial charge in [-0.15, -0.1) is 0 Å². The van der Waals surface area contributed by atoms with Crippen LogP contribution in [0.15, 0.2) is 48.7 Å². The van der Waals surface area contributed by atoms with Gasteiger partial charge in [-0.25, -0.2) is 9.78 Å². The standard InChI is InChI=1S/C19H24N4O3/c1-23-11-12-26-16(17(23)14-7-4-3-5-8-14)13-21-19(24)22-15-9-6-10-20-18(15)25-2/h3-10,16-17H,11-13H2,1-2H3,(H2,21,22,24)/t16-,17-/m0/s1. The second-order valence-electron chi connectivity index (χ2n) is 6.14. The van der Waals surface area contributed by atoms with Gasteiger partial charge >= 0.3 is 6.03 Å². The normalized spacial score (nSPS) is 20.4. The molecule has 1 saturated heterocycles. The van der Waals surface area contributed by atoms with Crippen molar-refractivity contribution in [2.24, 2.45) is 0 Å². The van der Waals surface area contributed by atoms with E-state index in [9.17, 15) is 4.79 Å². The first kappa shape index (κ1) is 18.2. The zero-order valence-corrected chi connectivity index (χ0v) is 15.0. The predicted molar refractivity (Wildman–Crippen MR) is 99.4 cm³/mol. The summed E-state index contributed by atoms with van der Waals surface area (Å²) in [5.74, 6) is 0.374. The van der Waals surface area contributed by atoms with Gasteiger partial charge in [0.25, 0.3) is 0 Å². The number of ether oxygens (including phenoxy) is 2. The van der Waals surface area contributed by atoms with Gasteiger partial charge in [0, 0.05) is 19.3 Å². The quantitative estimate of drug-likeness (QED) is 0.860. The molecule has 138 valence electrons. The fraction of sp³-hybridized carbons (Fsp3) is 0.368. The van der Waals surface area contributed by atoms with E-state index in [1.54, 1.807) is 18.3 Å². The molecular weight excluding hydrogens is 332 g/mol. The fourth-order valence-corrected chi connectivity index (χ4v) is 3.16. The number of hydrogen-bond donors (Lipinski definition) is 2. The van der Waals surface area contributed by atoms with Gasteiger partial charge in [-0.1, -0.05) is 30.3 Å². The molecule has 0 aliphatic carbocycles. The van der Waals surface area contributed by atoms with Crippen molar-refractivity contribution in [2.45, 2.75) is 12.1 Å². The Bertz CT molecular complexity index is 726. The summed E-state index contributed by atoms with van der Waals surface area (Å²) in [6, 6.07) is 13.5. The molecule has 7 heteroatoms. The molecule has 1 fully saturated rings. The first-order valence-electron chi connectivity index (χ1n) is 8.59. The lowest BCUT2D eigenvalue weighted by molar-refractivity contribution is -0.0600. The molecule has 1 aliphatic heterocycles. The van der Waals surface area contributed by atoms with E-state index in [1.807, 2.05) is 18.2 Å². The number of methoxy groups -OCH3 is 1. The van der Waals surface area contributed by atoms with E-state index in [-0.39, 0.29) is 18.2 Å². The number of carbonyl (C=O) groups excluding carboxylic acids is 1. The molecule has 0 radical (unpaired) electrons. The van der Waals surface area contributed by atoms with Gasteiger partial charge in [0.15, 0.2) is 0 Å². The summed E-state index contributed by atoms with van der Waals surface area (Å²) < 4.78 is 11.1. The molecule has 2 aromatic rings. The van der Waals surface area contributed by atoms with Crippen LogP contribution in [0.2, 0.25) is 0 Å². The lowest BCUT2D eigenvalue weighted by Gasteiger charge is -2.39. The molecule has 2 amide bonds. The van der Waals surface area contributed by atoms with E-state index < -0.39 is 0 Å². The minimum Gasteiger partial charge on any atom is -0.480 e. The molecule has 2 atom stereocenters. The van der Waals surface area contributed by atoms with E-state index >= 15 is 0 Å². The van der Waals surface area contributed by atoms with Crippen LogP contribution in [0.5, 0.6) is 5.88 Å². The number of rotatable bonds is 5. The number of benzene rings is 1. The number of carbonyl (C=O) groups is 1. The third kappa shape index (κ3) is 4.30. The van der Waals surface area contributed by atoms with E-state index in [2.05, 4.69) is 39.7 Å². The Morgan fingerprint density at radius 3 is 2.88 bits per heavy atom. The van der Waals surface area contributed by atoms with Crippen LogP contribution in [-0.2, 0) is 4.74 Å². The number of anilines is 1. The smallest absolute Gasteiger partial charge is 0.319 e. The van der Waals surface area contributed by atoms with Crippen LogP contribution >= 0.6 is 0 Å². The third-order valence-corrected chi connectivity index (χ3v) is 4.42. The van der Waals surface area contributed by atoms with Crippen molar-refractivity contribution in [3.05, 3.63) is 54.2 Å². The minimum atomic E-state index is -0.320. The maximum Gasteiger partial charge on any atom is 0.319 e. The number of aromatic nitrogens is 1. The zero-order valence-electron chi connectivity index (χ0n) is 15.0. The fourth-order valence-electron chi connectivity index (χ4n) is 3.16. The molecule has 1 aromatic heterocycles. The van der Waals surface area contributed by atoms with Gasteiger partial charge in [0.05, 0.1) is 25.9 Å². The number of nitrogens with zero attached hydrogens (tertiary/aromatic N) is 2. The molecule has 2 N–H and O–H groups in total. The monoisotopic (exact) mass is 356 g/mol. The van der Waals surface area contributed by atoms with Gasteiger partial charge in [-0.3, -0.25) is 4.90 Å². The summed E-state index contributed by atoms with van der Waals surface area (Å²) in [6.45, 7) is 1.90. The highest BCUT2D eigenvalue weighted by molar-refractivity contribution is 5.90. The van der Waals surface area contributed by atoms with Crippen LogP contribution in [0.25, 0.3) is 0 Å². The van der Waals surface area contributed by atoms with Gasteiger partial charge in [0.1, 0.15) is 5.69 Å². The lowest BCUT2D eigenvalue weighted by Crippen LogP contribution is -2.48. The van der Waals surface area contributed by atoms with E-state index in [4.69, 9.17) is 9.47 Å². The molecule has 3 rings (SSSR count). The number of pyridine rings is 1. The first-order valence-corrected chi connectivity index (χ1v) is 8.59. The average molecular weight is 356 g/mol. The Morgan fingerprint density at radius 2 is 2.12 bits per heavy atom. The maximum atomic E-state index is 12.3. The highest BCUT2D eigenvalue weighted by atomic mass is 16.5. The van der Waals surface area contributed by atoms with E-state index in [0.717, 1.165) is 6.54 Å². The summed E-state index contributed by atoms with van der Waals surface area (Å²) in [5.41, 5.74) is 1.70. The number of amides is 2. The molecule has 7 nitrogen and oxygen atoms in total. The van der Waals surface area contributed by atoms with E-state index in [0.29, 0.717) is 24.7 Å². The van der Waals surface area contributed by atoms with Crippen molar-refractivity contribution in [1.29, 1.82) is 0 Å². The number of urea groups is 1. The summed E-state index contributed by atoms with van der Waals surface area (Å²) in [4.78, 5) is 18.6. The first-order chi connectivity index (χ1) is 12.7. The van der Waals surface area contributed by atoms with Crippen LogP contribution in [0.1, 0.15) is 11.6 Å². The predicted octanol–water partition coefficient (Wildman–Crippen LogP) is 2.28. The number of hydrogen-bond acceptors (Lipinski definition) is 5. The molecule has 1 aromatic carbocycles. The summed E-state index contributed by atoms with van der Waals surface area (Å²) >= 11 is 0. The topological polar surface area (TPSA) is 75.7 Å². The molecular formula is C19H24N4O3. The molecule has 0 spiro atoms. The van der Waals surface area contributed by atoms with Crippen molar-refractivity contribution in [3.63, 3.8) is 0 Å². The van der Waals surface area contributed by atoms with Crippen molar-refractivity contribution in [1.82, 2.24) is 15.2 Å². The van der Waals surface area contributed by atoms with Gasteiger partial charge in [-0.2, -0.15) is 0 Å². The molecule has 0 bridgehead atoms. The second kappa shape index (κ2) is 8.64. The Labute approximate surface area is 153 Å². The summed E-state index contributed by atoms with van der Waals surface area (Å²) in [6.07, 6.45) is 1.48. The second-order valence-corrected chi connectivity index (χ2v) is 6.14. The zero-order chi connectivity index (χ0) is 18.4. The lowest BCUT2D eigenvalue weighted by atomic mass is 9.98. The molecule has 0 saturated carbocycles. The summed E-state index contributed by atoms with van der Waals surface area (Å²) in [7, 11) is 3.59. The highest BCUT2D eigenvalue weighted by Crippen LogP contribution is 2.28. The largest absolute Gasteiger partial charge is 0.480 e. The molecule has 2 heterocycles. The Kier molecular flexibility index (Phi) is 6.04. The van der Waals surface area contributed by atoms with Crippen molar-refractivity contribution >= 4 is 11.7 Å². The Hall–Kier alpha value is -2.64. The van der Waals surface area contributed by atoms with Crippen LogP contribution < -0.4 is 15.4 Å². The summed E-state index contributed by atoms with van der Waals surface area (Å²) in [5, 5.41) is 5.65. The van der Waals surface area contributed by atoms with Crippen LogP contribution in [-0.4, -0.2) is 55.9 Å². The van der Waals surface area contributed by atoms with Crippen molar-refractivity contribution in [2.75, 3.05) is 39.2 Å². The third-order valence-electron chi connectivity index (χ3n) is 4.42. The average Bonchev–Trinajstić information content (AvgIpc) is 2.67. The highest BCUT2D eigenvalue weighted by Gasteiger charge is 2.31. The van der Waals surface area contributed by atoms with Crippen LogP contribution in [0.3, 0.4) is 0 Å². The molecule has 0 unspecified atom stereocenters. The number of morpholine rings is 1. The van der Waals surface area contributed by atoms with Crippen LogP contribution in [0.4, 0.5) is 10.5 Å². The number of nitrogens with one attached hydrogen (secondary N) is 2.